The Balaban J connectivity index is 1.90. The molecule has 0 aliphatic heterocycles. The minimum atomic E-state index is -0.207. The number of rotatable bonds is 3. The van der Waals surface area contributed by atoms with Crippen LogP contribution in [-0.2, 0) is 0 Å². The third-order valence-electron chi connectivity index (χ3n) is 3.56. The standard InChI is InChI=1S/C18H16ClN3OS/c1-10-8-11(2)15(13(19)9-10)22-17(23)16-12(3)21-18(24-16)14-6-4-5-7-20-14/h4-9H,1-3H3,(H,22,23). The maximum absolute atomic E-state index is 12.6. The summed E-state index contributed by atoms with van der Waals surface area (Å²) in [6, 6.07) is 9.44. The third-order valence-corrected chi connectivity index (χ3v) is 5.03. The third kappa shape index (κ3) is 3.32. The molecule has 122 valence electrons. The lowest BCUT2D eigenvalue weighted by atomic mass is 10.1. The number of nitrogens with one attached hydrogen (secondary N) is 1. The van der Waals surface area contributed by atoms with E-state index in [4.69, 9.17) is 11.6 Å². The van der Waals surface area contributed by atoms with Crippen LogP contribution in [0.1, 0.15) is 26.5 Å². The number of carbonyl (C=O) groups excluding carboxylic acids is 1. The number of pyridine rings is 1. The van der Waals surface area contributed by atoms with Crippen molar-refractivity contribution in [2.45, 2.75) is 20.8 Å². The number of thiazole rings is 1. The summed E-state index contributed by atoms with van der Waals surface area (Å²) < 4.78 is 0. The summed E-state index contributed by atoms with van der Waals surface area (Å²) in [4.78, 5) is 22.0. The van der Waals surface area contributed by atoms with Crippen LogP contribution in [0, 0.1) is 20.8 Å². The van der Waals surface area contributed by atoms with Crippen molar-refractivity contribution < 1.29 is 4.79 Å². The molecule has 6 heteroatoms. The maximum atomic E-state index is 12.6. The zero-order chi connectivity index (χ0) is 17.3. The highest BCUT2D eigenvalue weighted by Crippen LogP contribution is 2.30. The van der Waals surface area contributed by atoms with Gasteiger partial charge in [-0.2, -0.15) is 0 Å². The second-order valence-electron chi connectivity index (χ2n) is 5.54. The van der Waals surface area contributed by atoms with E-state index < -0.39 is 0 Å². The number of halogens is 1. The van der Waals surface area contributed by atoms with E-state index in [1.54, 1.807) is 6.20 Å². The summed E-state index contributed by atoms with van der Waals surface area (Å²) >= 11 is 7.60. The lowest BCUT2D eigenvalue weighted by Gasteiger charge is -2.11. The van der Waals surface area contributed by atoms with Crippen LogP contribution in [0.5, 0.6) is 0 Å². The van der Waals surface area contributed by atoms with E-state index in [-0.39, 0.29) is 5.91 Å². The SMILES string of the molecule is Cc1cc(C)c(NC(=O)c2sc(-c3ccccn3)nc2C)c(Cl)c1. The van der Waals surface area contributed by atoms with Crippen molar-refractivity contribution in [3.05, 3.63) is 63.2 Å². The van der Waals surface area contributed by atoms with Crippen LogP contribution in [0.4, 0.5) is 5.69 Å². The first-order chi connectivity index (χ1) is 11.5. The van der Waals surface area contributed by atoms with Gasteiger partial charge < -0.3 is 5.32 Å². The zero-order valence-electron chi connectivity index (χ0n) is 13.6. The summed E-state index contributed by atoms with van der Waals surface area (Å²) in [6.07, 6.45) is 1.71. The molecule has 0 saturated carbocycles. The minimum Gasteiger partial charge on any atom is -0.320 e. The van der Waals surface area contributed by atoms with E-state index in [2.05, 4.69) is 15.3 Å². The van der Waals surface area contributed by atoms with Gasteiger partial charge in [0.05, 0.1) is 22.1 Å². The highest BCUT2D eigenvalue weighted by molar-refractivity contribution is 7.17. The molecular formula is C18H16ClN3OS. The summed E-state index contributed by atoms with van der Waals surface area (Å²) in [5.74, 6) is -0.207. The van der Waals surface area contributed by atoms with Gasteiger partial charge >= 0.3 is 0 Å². The van der Waals surface area contributed by atoms with Crippen molar-refractivity contribution in [3.8, 4) is 10.7 Å². The molecule has 0 atom stereocenters. The van der Waals surface area contributed by atoms with E-state index in [0.717, 1.165) is 21.8 Å². The van der Waals surface area contributed by atoms with Crippen LogP contribution in [0.2, 0.25) is 5.02 Å². The van der Waals surface area contributed by atoms with Crippen LogP contribution in [-0.4, -0.2) is 15.9 Å². The van der Waals surface area contributed by atoms with Gasteiger partial charge in [0.2, 0.25) is 0 Å². The Morgan fingerprint density at radius 3 is 2.67 bits per heavy atom. The number of nitrogens with zero attached hydrogens (tertiary/aromatic N) is 2. The first-order valence-electron chi connectivity index (χ1n) is 7.42. The fourth-order valence-corrected chi connectivity index (χ4v) is 3.76. The van der Waals surface area contributed by atoms with E-state index in [1.807, 2.05) is 51.1 Å². The lowest BCUT2D eigenvalue weighted by Crippen LogP contribution is -2.13. The molecule has 24 heavy (non-hydrogen) atoms. The Hall–Kier alpha value is -2.24. The van der Waals surface area contributed by atoms with E-state index in [9.17, 15) is 4.79 Å². The number of aryl methyl sites for hydroxylation is 3. The highest BCUT2D eigenvalue weighted by atomic mass is 35.5. The first kappa shape index (κ1) is 16.6. The Labute approximate surface area is 149 Å². The van der Waals surface area contributed by atoms with Crippen LogP contribution >= 0.6 is 22.9 Å². The Bertz CT molecular complexity index is 883. The molecule has 0 aliphatic rings. The number of anilines is 1. The Kier molecular flexibility index (Phi) is 4.64. The molecule has 1 N–H and O–H groups in total. The van der Waals surface area contributed by atoms with Crippen LogP contribution < -0.4 is 5.32 Å². The van der Waals surface area contributed by atoms with Crippen molar-refractivity contribution in [2.75, 3.05) is 5.32 Å². The van der Waals surface area contributed by atoms with Gasteiger partial charge in [0.15, 0.2) is 0 Å². The molecule has 2 aromatic heterocycles. The molecule has 0 spiro atoms. The second-order valence-corrected chi connectivity index (χ2v) is 6.95. The van der Waals surface area contributed by atoms with Crippen molar-refractivity contribution in [2.24, 2.45) is 0 Å². The minimum absolute atomic E-state index is 0.207. The summed E-state index contributed by atoms with van der Waals surface area (Å²) in [7, 11) is 0. The molecule has 1 aromatic carbocycles. The van der Waals surface area contributed by atoms with Crippen LogP contribution in [0.3, 0.4) is 0 Å². The van der Waals surface area contributed by atoms with Gasteiger partial charge in [-0.25, -0.2) is 4.98 Å². The van der Waals surface area contributed by atoms with E-state index in [0.29, 0.717) is 21.3 Å². The Morgan fingerprint density at radius 2 is 2.00 bits per heavy atom. The van der Waals surface area contributed by atoms with Crippen LogP contribution in [0.15, 0.2) is 36.5 Å². The molecule has 0 radical (unpaired) electrons. The predicted octanol–water partition coefficient (Wildman–Crippen LogP) is 5.04. The molecule has 0 unspecified atom stereocenters. The number of amides is 1. The maximum Gasteiger partial charge on any atom is 0.267 e. The van der Waals surface area contributed by atoms with E-state index in [1.165, 1.54) is 11.3 Å². The number of hydrogen-bond acceptors (Lipinski definition) is 4. The van der Waals surface area contributed by atoms with Gasteiger partial charge in [0, 0.05) is 6.20 Å². The number of carbonyl (C=O) groups is 1. The molecule has 4 nitrogen and oxygen atoms in total. The predicted molar refractivity (Wildman–Crippen MR) is 99.0 cm³/mol. The Morgan fingerprint density at radius 1 is 1.21 bits per heavy atom. The average molecular weight is 358 g/mol. The van der Waals surface area contributed by atoms with Crippen molar-refractivity contribution in [1.82, 2.24) is 9.97 Å². The number of hydrogen-bond donors (Lipinski definition) is 1. The molecule has 0 saturated heterocycles. The van der Waals surface area contributed by atoms with Gasteiger partial charge in [-0.3, -0.25) is 9.78 Å². The monoisotopic (exact) mass is 357 g/mol. The molecule has 0 aliphatic carbocycles. The second kappa shape index (κ2) is 6.71. The molecular weight excluding hydrogens is 342 g/mol. The summed E-state index contributed by atoms with van der Waals surface area (Å²) in [6.45, 7) is 5.71. The van der Waals surface area contributed by atoms with Crippen molar-refractivity contribution in [1.29, 1.82) is 0 Å². The normalized spacial score (nSPS) is 10.7. The van der Waals surface area contributed by atoms with Gasteiger partial charge in [0.1, 0.15) is 9.88 Å². The number of benzene rings is 1. The van der Waals surface area contributed by atoms with Crippen molar-refractivity contribution >= 4 is 34.5 Å². The molecule has 0 fully saturated rings. The fraction of sp³-hybridized carbons (Fsp3) is 0.167. The van der Waals surface area contributed by atoms with Crippen LogP contribution in [0.25, 0.3) is 10.7 Å². The topological polar surface area (TPSA) is 54.9 Å². The van der Waals surface area contributed by atoms with Gasteiger partial charge in [-0.15, -0.1) is 11.3 Å². The molecule has 1 amide bonds. The molecule has 3 rings (SSSR count). The first-order valence-corrected chi connectivity index (χ1v) is 8.62. The fourth-order valence-electron chi connectivity index (χ4n) is 2.45. The van der Waals surface area contributed by atoms with Gasteiger partial charge in [-0.1, -0.05) is 23.7 Å². The summed E-state index contributed by atoms with van der Waals surface area (Å²) in [5, 5.41) is 4.17. The molecule has 0 bridgehead atoms. The van der Waals surface area contributed by atoms with Crippen molar-refractivity contribution in [3.63, 3.8) is 0 Å². The molecule has 2 heterocycles. The zero-order valence-corrected chi connectivity index (χ0v) is 15.1. The van der Waals surface area contributed by atoms with Gasteiger partial charge in [0.25, 0.3) is 5.91 Å². The molecule has 3 aromatic rings. The van der Waals surface area contributed by atoms with Gasteiger partial charge in [-0.05, 0) is 50.1 Å². The average Bonchev–Trinajstić information content (AvgIpc) is 2.93. The number of aromatic nitrogens is 2. The highest BCUT2D eigenvalue weighted by Gasteiger charge is 2.18. The lowest BCUT2D eigenvalue weighted by molar-refractivity contribution is 0.102. The largest absolute Gasteiger partial charge is 0.320 e. The summed E-state index contributed by atoms with van der Waals surface area (Å²) in [5.41, 5.74) is 4.06. The quantitative estimate of drug-likeness (QED) is 0.714. The smallest absolute Gasteiger partial charge is 0.267 e. The van der Waals surface area contributed by atoms with E-state index >= 15 is 0 Å².